The summed E-state index contributed by atoms with van der Waals surface area (Å²) < 4.78 is 7.90. The number of hydrogen-bond acceptors (Lipinski definition) is 3. The van der Waals surface area contributed by atoms with Crippen LogP contribution in [0.4, 0.5) is 5.69 Å². The molecule has 0 aliphatic carbocycles. The Balaban J connectivity index is 1.68. The molecular formula is C30H31ClN4OS. The first kappa shape index (κ1) is 25.3. The van der Waals surface area contributed by atoms with E-state index in [2.05, 4.69) is 78.9 Å². The van der Waals surface area contributed by atoms with Crippen LogP contribution in [0.25, 0.3) is 5.69 Å². The number of rotatable bonds is 6. The van der Waals surface area contributed by atoms with Gasteiger partial charge in [-0.2, -0.15) is 0 Å². The van der Waals surface area contributed by atoms with Crippen LogP contribution in [0.1, 0.15) is 60.1 Å². The Labute approximate surface area is 229 Å². The first-order valence-electron chi connectivity index (χ1n) is 12.4. The fourth-order valence-corrected chi connectivity index (χ4v) is 5.78. The van der Waals surface area contributed by atoms with Gasteiger partial charge in [0.05, 0.1) is 30.6 Å². The summed E-state index contributed by atoms with van der Waals surface area (Å²) in [6.07, 6.45) is 1.83. The van der Waals surface area contributed by atoms with Gasteiger partial charge in [-0.15, -0.1) is 0 Å². The van der Waals surface area contributed by atoms with Crippen molar-refractivity contribution < 1.29 is 4.74 Å². The number of thiocarbonyl (C=S) groups is 1. The summed E-state index contributed by atoms with van der Waals surface area (Å²) in [5.74, 6) is 1.22. The smallest absolute Gasteiger partial charge is 0.174 e. The van der Waals surface area contributed by atoms with Crippen molar-refractivity contribution >= 4 is 34.6 Å². The van der Waals surface area contributed by atoms with Gasteiger partial charge in [0, 0.05) is 28.3 Å². The molecule has 5 nitrogen and oxygen atoms in total. The summed E-state index contributed by atoms with van der Waals surface area (Å²) in [6.45, 7) is 8.65. The molecule has 3 heterocycles. The summed E-state index contributed by atoms with van der Waals surface area (Å²) in [5, 5.41) is 4.91. The molecule has 7 heteroatoms. The van der Waals surface area contributed by atoms with Crippen molar-refractivity contribution in [2.45, 2.75) is 45.7 Å². The standard InChI is InChI=1S/C30H31ClN4OS/c1-18(2)21-9-12-23(13-10-21)35-29(28(33-30(35)37)25-8-6-7-15-32-25)24-16-19(3)34(20(24)4)26-17-22(31)11-14-27(26)36-5/h6-18,28-29H,1-5H3,(H,33,37)/t28-,29+/m0/s1. The van der Waals surface area contributed by atoms with Crippen LogP contribution < -0.4 is 15.0 Å². The van der Waals surface area contributed by atoms with E-state index in [1.54, 1.807) is 7.11 Å². The maximum Gasteiger partial charge on any atom is 0.174 e. The Morgan fingerprint density at radius 3 is 2.43 bits per heavy atom. The van der Waals surface area contributed by atoms with Gasteiger partial charge in [-0.3, -0.25) is 4.98 Å². The third-order valence-electron chi connectivity index (χ3n) is 7.11. The molecule has 0 amide bonds. The lowest BCUT2D eigenvalue weighted by molar-refractivity contribution is 0.412. The minimum absolute atomic E-state index is 0.0996. The number of nitrogens with one attached hydrogen (secondary N) is 1. The van der Waals surface area contributed by atoms with Crippen LogP contribution in [0.5, 0.6) is 5.75 Å². The van der Waals surface area contributed by atoms with Crippen LogP contribution in [-0.2, 0) is 0 Å². The number of hydrogen-bond donors (Lipinski definition) is 1. The maximum atomic E-state index is 6.41. The van der Waals surface area contributed by atoms with E-state index in [-0.39, 0.29) is 12.1 Å². The van der Waals surface area contributed by atoms with Crippen LogP contribution in [0.3, 0.4) is 0 Å². The second kappa shape index (κ2) is 10.2. The molecule has 2 aromatic carbocycles. The number of benzene rings is 2. The predicted molar refractivity (Wildman–Crippen MR) is 155 cm³/mol. The molecule has 1 aliphatic rings. The van der Waals surface area contributed by atoms with Gasteiger partial charge >= 0.3 is 0 Å². The van der Waals surface area contributed by atoms with E-state index in [4.69, 9.17) is 33.5 Å². The Morgan fingerprint density at radius 1 is 1.03 bits per heavy atom. The third kappa shape index (κ3) is 4.60. The minimum Gasteiger partial charge on any atom is -0.495 e. The van der Waals surface area contributed by atoms with Gasteiger partial charge < -0.3 is 19.5 Å². The quantitative estimate of drug-likeness (QED) is 0.262. The van der Waals surface area contributed by atoms with Gasteiger partial charge in [-0.05, 0) is 91.6 Å². The first-order valence-corrected chi connectivity index (χ1v) is 13.2. The normalized spacial score (nSPS) is 17.4. The highest BCUT2D eigenvalue weighted by molar-refractivity contribution is 7.80. The summed E-state index contributed by atoms with van der Waals surface area (Å²) in [6, 6.07) is 22.4. The van der Waals surface area contributed by atoms with E-state index in [1.165, 1.54) is 5.56 Å². The number of aryl methyl sites for hydroxylation is 1. The zero-order valence-corrected chi connectivity index (χ0v) is 23.3. The molecule has 0 radical (unpaired) electrons. The largest absolute Gasteiger partial charge is 0.495 e. The highest BCUT2D eigenvalue weighted by atomic mass is 35.5. The van der Waals surface area contributed by atoms with Crippen LogP contribution in [-0.4, -0.2) is 21.8 Å². The lowest BCUT2D eigenvalue weighted by Gasteiger charge is -2.28. The number of nitrogens with zero attached hydrogens (tertiary/aromatic N) is 3. The van der Waals surface area contributed by atoms with E-state index in [0.717, 1.165) is 39.8 Å². The van der Waals surface area contributed by atoms with Gasteiger partial charge in [0.25, 0.3) is 0 Å². The lowest BCUT2D eigenvalue weighted by Crippen LogP contribution is -2.29. The van der Waals surface area contributed by atoms with E-state index in [0.29, 0.717) is 16.1 Å². The van der Waals surface area contributed by atoms with Crippen molar-refractivity contribution in [3.05, 3.63) is 106 Å². The van der Waals surface area contributed by atoms with E-state index in [1.807, 2.05) is 36.5 Å². The molecule has 0 spiro atoms. The molecule has 2 atom stereocenters. The topological polar surface area (TPSA) is 42.3 Å². The minimum atomic E-state index is -0.117. The monoisotopic (exact) mass is 530 g/mol. The van der Waals surface area contributed by atoms with Crippen molar-refractivity contribution in [3.8, 4) is 11.4 Å². The number of halogens is 1. The molecule has 1 N–H and O–H groups in total. The highest BCUT2D eigenvalue weighted by Gasteiger charge is 2.42. The van der Waals surface area contributed by atoms with Crippen molar-refractivity contribution in [2.75, 3.05) is 12.0 Å². The second-order valence-corrected chi connectivity index (χ2v) is 10.5. The lowest BCUT2D eigenvalue weighted by atomic mass is 9.96. The SMILES string of the molecule is COc1ccc(Cl)cc1-n1c(C)cc([C@@H]2[C@H](c3ccccn3)NC(=S)N2c2ccc(C(C)C)cc2)c1C. The van der Waals surface area contributed by atoms with E-state index < -0.39 is 0 Å². The number of pyridine rings is 1. The molecule has 1 saturated heterocycles. The molecular weight excluding hydrogens is 500 g/mol. The third-order valence-corrected chi connectivity index (χ3v) is 7.66. The maximum absolute atomic E-state index is 6.41. The van der Waals surface area contributed by atoms with Crippen molar-refractivity contribution in [3.63, 3.8) is 0 Å². The summed E-state index contributed by atoms with van der Waals surface area (Å²) >= 11 is 12.3. The van der Waals surface area contributed by atoms with Crippen LogP contribution in [0.15, 0.2) is 72.9 Å². The Bertz CT molecular complexity index is 1430. The number of aromatic nitrogens is 2. The first-order chi connectivity index (χ1) is 17.8. The Morgan fingerprint density at radius 2 is 1.78 bits per heavy atom. The molecule has 5 rings (SSSR count). The fourth-order valence-electron chi connectivity index (χ4n) is 5.26. The average Bonchev–Trinajstić information content (AvgIpc) is 3.39. The average molecular weight is 531 g/mol. The van der Waals surface area contributed by atoms with E-state index in [9.17, 15) is 0 Å². The molecule has 37 heavy (non-hydrogen) atoms. The van der Waals surface area contributed by atoms with Crippen LogP contribution in [0.2, 0.25) is 5.02 Å². The molecule has 0 unspecified atom stereocenters. The second-order valence-electron chi connectivity index (χ2n) is 9.72. The number of anilines is 1. The molecule has 0 saturated carbocycles. The molecule has 4 aromatic rings. The Kier molecular flexibility index (Phi) is 6.97. The summed E-state index contributed by atoms with van der Waals surface area (Å²) in [7, 11) is 1.68. The van der Waals surface area contributed by atoms with Gasteiger partial charge in [0.15, 0.2) is 5.11 Å². The van der Waals surface area contributed by atoms with Gasteiger partial charge in [-0.25, -0.2) is 0 Å². The highest BCUT2D eigenvalue weighted by Crippen LogP contribution is 2.44. The molecule has 0 bridgehead atoms. The molecule has 2 aromatic heterocycles. The van der Waals surface area contributed by atoms with Crippen molar-refractivity contribution in [1.29, 1.82) is 0 Å². The van der Waals surface area contributed by atoms with Crippen molar-refractivity contribution in [1.82, 2.24) is 14.9 Å². The number of ether oxygens (including phenoxy) is 1. The van der Waals surface area contributed by atoms with Gasteiger partial charge in [-0.1, -0.05) is 43.6 Å². The van der Waals surface area contributed by atoms with Gasteiger partial charge in [0.2, 0.25) is 0 Å². The van der Waals surface area contributed by atoms with Crippen molar-refractivity contribution in [2.24, 2.45) is 0 Å². The summed E-state index contributed by atoms with van der Waals surface area (Å²) in [4.78, 5) is 6.92. The van der Waals surface area contributed by atoms with Crippen LogP contribution in [0, 0.1) is 13.8 Å². The van der Waals surface area contributed by atoms with Gasteiger partial charge in [0.1, 0.15) is 5.75 Å². The van der Waals surface area contributed by atoms with Crippen LogP contribution >= 0.6 is 23.8 Å². The van der Waals surface area contributed by atoms with E-state index >= 15 is 0 Å². The zero-order valence-electron chi connectivity index (χ0n) is 21.7. The predicted octanol–water partition coefficient (Wildman–Crippen LogP) is 7.45. The number of methoxy groups -OCH3 is 1. The zero-order chi connectivity index (χ0) is 26.3. The molecule has 190 valence electrons. The molecule has 1 fully saturated rings. The molecule has 1 aliphatic heterocycles. The summed E-state index contributed by atoms with van der Waals surface area (Å²) in [5.41, 5.74) is 7.55. The Hall–Kier alpha value is -3.35. The fraction of sp³-hybridized carbons (Fsp3) is 0.267.